The number of nitrogens with one attached hydrogen (secondary N) is 1. The molecule has 1 rings (SSSR count). The predicted octanol–water partition coefficient (Wildman–Crippen LogP) is 1.55. The zero-order valence-corrected chi connectivity index (χ0v) is 7.60. The van der Waals surface area contributed by atoms with E-state index in [0.29, 0.717) is 12.2 Å². The zero-order valence-electron chi connectivity index (χ0n) is 7.60. The van der Waals surface area contributed by atoms with Gasteiger partial charge < -0.3 is 10.1 Å². The van der Waals surface area contributed by atoms with Gasteiger partial charge >= 0.3 is 0 Å². The summed E-state index contributed by atoms with van der Waals surface area (Å²) in [5.74, 6) is 0. The second-order valence-corrected chi connectivity index (χ2v) is 3.19. The molecule has 1 aliphatic rings. The Morgan fingerprint density at radius 3 is 2.64 bits per heavy atom. The van der Waals surface area contributed by atoms with E-state index >= 15 is 0 Å². The summed E-state index contributed by atoms with van der Waals surface area (Å²) in [4.78, 5) is 0. The molecule has 0 aromatic rings. The minimum atomic E-state index is 0.486. The molecule has 2 nitrogen and oxygen atoms in total. The standard InChI is InChI=1S/C9H19NO/c1-3-8(4-2)11-9-5-6-10-7-9/h8-10H,3-7H2,1-2H3/t9-/m0/s1. The van der Waals surface area contributed by atoms with Gasteiger partial charge in [-0.15, -0.1) is 0 Å². The van der Waals surface area contributed by atoms with Gasteiger partial charge in [0, 0.05) is 6.54 Å². The first-order chi connectivity index (χ1) is 5.36. The minimum absolute atomic E-state index is 0.486. The molecule has 1 fully saturated rings. The van der Waals surface area contributed by atoms with Crippen LogP contribution in [-0.2, 0) is 4.74 Å². The molecule has 1 aliphatic heterocycles. The largest absolute Gasteiger partial charge is 0.374 e. The Morgan fingerprint density at radius 2 is 2.18 bits per heavy atom. The predicted molar refractivity (Wildman–Crippen MR) is 46.7 cm³/mol. The van der Waals surface area contributed by atoms with Gasteiger partial charge in [0.15, 0.2) is 0 Å². The summed E-state index contributed by atoms with van der Waals surface area (Å²) in [5, 5.41) is 3.30. The monoisotopic (exact) mass is 157 g/mol. The van der Waals surface area contributed by atoms with Gasteiger partial charge in [0.25, 0.3) is 0 Å². The van der Waals surface area contributed by atoms with E-state index < -0.39 is 0 Å². The average Bonchev–Trinajstić information content (AvgIpc) is 2.52. The van der Waals surface area contributed by atoms with Crippen LogP contribution in [0, 0.1) is 0 Å². The Bertz CT molecular complexity index is 95.7. The Morgan fingerprint density at radius 1 is 1.45 bits per heavy atom. The molecule has 0 radical (unpaired) electrons. The van der Waals surface area contributed by atoms with Gasteiger partial charge in [0.2, 0.25) is 0 Å². The van der Waals surface area contributed by atoms with Crippen molar-refractivity contribution in [3.05, 3.63) is 0 Å². The maximum atomic E-state index is 5.85. The number of ether oxygens (including phenoxy) is 1. The van der Waals surface area contributed by atoms with E-state index in [9.17, 15) is 0 Å². The summed E-state index contributed by atoms with van der Waals surface area (Å²) in [5.41, 5.74) is 0. The Hall–Kier alpha value is -0.0800. The number of hydrogen-bond donors (Lipinski definition) is 1. The molecule has 1 atom stereocenters. The van der Waals surface area contributed by atoms with Crippen LogP contribution >= 0.6 is 0 Å². The molecule has 0 bridgehead atoms. The van der Waals surface area contributed by atoms with Crippen molar-refractivity contribution in [3.8, 4) is 0 Å². The lowest BCUT2D eigenvalue weighted by atomic mass is 10.2. The van der Waals surface area contributed by atoms with Crippen LogP contribution in [-0.4, -0.2) is 25.3 Å². The fourth-order valence-corrected chi connectivity index (χ4v) is 1.50. The van der Waals surface area contributed by atoms with E-state index in [1.165, 1.54) is 6.42 Å². The van der Waals surface area contributed by atoms with Gasteiger partial charge in [-0.3, -0.25) is 0 Å². The number of hydrogen-bond acceptors (Lipinski definition) is 2. The van der Waals surface area contributed by atoms with Crippen molar-refractivity contribution >= 4 is 0 Å². The summed E-state index contributed by atoms with van der Waals surface area (Å²) < 4.78 is 5.85. The van der Waals surface area contributed by atoms with E-state index in [1.54, 1.807) is 0 Å². The van der Waals surface area contributed by atoms with E-state index in [-0.39, 0.29) is 0 Å². The highest BCUT2D eigenvalue weighted by Crippen LogP contribution is 2.11. The van der Waals surface area contributed by atoms with Crippen LogP contribution in [0.3, 0.4) is 0 Å². The normalized spacial score (nSPS) is 24.8. The summed E-state index contributed by atoms with van der Waals surface area (Å²) >= 11 is 0. The van der Waals surface area contributed by atoms with Gasteiger partial charge in [-0.2, -0.15) is 0 Å². The Labute approximate surface area is 69.3 Å². The van der Waals surface area contributed by atoms with Crippen LogP contribution in [0.2, 0.25) is 0 Å². The lowest BCUT2D eigenvalue weighted by molar-refractivity contribution is -0.00463. The second kappa shape index (κ2) is 4.73. The first-order valence-electron chi connectivity index (χ1n) is 4.73. The smallest absolute Gasteiger partial charge is 0.0715 e. The van der Waals surface area contributed by atoms with Crippen LogP contribution < -0.4 is 5.32 Å². The molecule has 0 spiro atoms. The third-order valence-corrected chi connectivity index (χ3v) is 2.31. The quantitative estimate of drug-likeness (QED) is 0.668. The first-order valence-corrected chi connectivity index (χ1v) is 4.73. The molecule has 0 aromatic heterocycles. The topological polar surface area (TPSA) is 21.3 Å². The molecule has 1 N–H and O–H groups in total. The molecular formula is C9H19NO. The Balaban J connectivity index is 2.16. The summed E-state index contributed by atoms with van der Waals surface area (Å²) in [7, 11) is 0. The molecule has 0 aliphatic carbocycles. The minimum Gasteiger partial charge on any atom is -0.374 e. The van der Waals surface area contributed by atoms with Crippen molar-refractivity contribution < 1.29 is 4.74 Å². The van der Waals surface area contributed by atoms with Crippen molar-refractivity contribution in [1.29, 1.82) is 0 Å². The highest BCUT2D eigenvalue weighted by molar-refractivity contribution is 4.72. The van der Waals surface area contributed by atoms with Gasteiger partial charge in [-0.05, 0) is 25.8 Å². The Kier molecular flexibility index (Phi) is 3.87. The van der Waals surface area contributed by atoms with Gasteiger partial charge in [-0.1, -0.05) is 13.8 Å². The van der Waals surface area contributed by atoms with E-state index in [0.717, 1.165) is 25.9 Å². The molecule has 1 heterocycles. The lowest BCUT2D eigenvalue weighted by Gasteiger charge is -2.18. The third kappa shape index (κ3) is 2.80. The van der Waals surface area contributed by atoms with Gasteiger partial charge in [0.1, 0.15) is 0 Å². The van der Waals surface area contributed by atoms with Crippen molar-refractivity contribution in [3.63, 3.8) is 0 Å². The summed E-state index contributed by atoms with van der Waals surface area (Å²) in [6.45, 7) is 6.56. The average molecular weight is 157 g/mol. The summed E-state index contributed by atoms with van der Waals surface area (Å²) in [6, 6.07) is 0. The van der Waals surface area contributed by atoms with Gasteiger partial charge in [-0.25, -0.2) is 0 Å². The van der Waals surface area contributed by atoms with Crippen LogP contribution in [0.25, 0.3) is 0 Å². The van der Waals surface area contributed by atoms with Crippen molar-refractivity contribution in [1.82, 2.24) is 5.32 Å². The molecule has 0 unspecified atom stereocenters. The van der Waals surface area contributed by atoms with Gasteiger partial charge in [0.05, 0.1) is 12.2 Å². The van der Waals surface area contributed by atoms with Crippen molar-refractivity contribution in [2.45, 2.75) is 45.3 Å². The zero-order chi connectivity index (χ0) is 8.10. The molecule has 2 heteroatoms. The number of rotatable bonds is 4. The highest BCUT2D eigenvalue weighted by atomic mass is 16.5. The van der Waals surface area contributed by atoms with Crippen LogP contribution in [0.1, 0.15) is 33.1 Å². The summed E-state index contributed by atoms with van der Waals surface area (Å²) in [6.07, 6.45) is 4.45. The first kappa shape index (κ1) is 9.01. The van der Waals surface area contributed by atoms with E-state index in [2.05, 4.69) is 19.2 Å². The SMILES string of the molecule is CCC(CC)O[C@H]1CCNC1. The van der Waals surface area contributed by atoms with Crippen molar-refractivity contribution in [2.75, 3.05) is 13.1 Å². The molecule has 0 saturated carbocycles. The van der Waals surface area contributed by atoms with E-state index in [1.807, 2.05) is 0 Å². The molecule has 11 heavy (non-hydrogen) atoms. The fourth-order valence-electron chi connectivity index (χ4n) is 1.50. The molecular weight excluding hydrogens is 138 g/mol. The molecule has 66 valence electrons. The lowest BCUT2D eigenvalue weighted by Crippen LogP contribution is -2.23. The maximum absolute atomic E-state index is 5.85. The highest BCUT2D eigenvalue weighted by Gasteiger charge is 2.17. The van der Waals surface area contributed by atoms with Crippen molar-refractivity contribution in [2.24, 2.45) is 0 Å². The van der Waals surface area contributed by atoms with Crippen LogP contribution in [0.15, 0.2) is 0 Å². The fraction of sp³-hybridized carbons (Fsp3) is 1.00. The van der Waals surface area contributed by atoms with Crippen LogP contribution in [0.5, 0.6) is 0 Å². The van der Waals surface area contributed by atoms with E-state index in [4.69, 9.17) is 4.74 Å². The molecule has 0 amide bonds. The maximum Gasteiger partial charge on any atom is 0.0715 e. The third-order valence-electron chi connectivity index (χ3n) is 2.31. The molecule has 0 aromatic carbocycles. The second-order valence-electron chi connectivity index (χ2n) is 3.19. The van der Waals surface area contributed by atoms with Crippen LogP contribution in [0.4, 0.5) is 0 Å². The molecule has 1 saturated heterocycles.